The molecule has 0 bridgehead atoms. The Hall–Kier alpha value is -1.98. The van der Waals surface area contributed by atoms with Crippen LogP contribution >= 0.6 is 0 Å². The van der Waals surface area contributed by atoms with E-state index in [9.17, 15) is 9.90 Å². The molecule has 1 aliphatic carbocycles. The number of aliphatic hydroxyl groups is 1. The molecule has 144 valence electrons. The molecule has 1 aromatic carbocycles. The molecule has 5 nitrogen and oxygen atoms in total. The SMILES string of the molecule is O=C(CCN1CCCCC1)N[C@@H](c1cnc2ccccc2c1)C1CC(O)C1. The lowest BCUT2D eigenvalue weighted by Gasteiger charge is -2.38. The second kappa shape index (κ2) is 8.36. The van der Waals surface area contributed by atoms with Crippen molar-refractivity contribution in [2.45, 2.75) is 50.7 Å². The number of piperidine rings is 1. The molecule has 2 aromatic rings. The number of likely N-dealkylation sites (tertiary alicyclic amines) is 1. The third kappa shape index (κ3) is 4.47. The number of aromatic nitrogens is 1. The smallest absolute Gasteiger partial charge is 0.221 e. The number of amides is 1. The average Bonchev–Trinajstić information content (AvgIpc) is 2.69. The molecule has 1 aromatic heterocycles. The van der Waals surface area contributed by atoms with E-state index in [1.54, 1.807) is 0 Å². The normalized spacial score (nSPS) is 24.3. The third-order valence-corrected chi connectivity index (χ3v) is 6.01. The number of nitrogens with one attached hydrogen (secondary N) is 1. The molecule has 0 unspecified atom stereocenters. The maximum atomic E-state index is 12.6. The molecule has 2 heterocycles. The van der Waals surface area contributed by atoms with Gasteiger partial charge in [-0.15, -0.1) is 0 Å². The van der Waals surface area contributed by atoms with Gasteiger partial charge in [-0.05, 0) is 62.4 Å². The summed E-state index contributed by atoms with van der Waals surface area (Å²) in [7, 11) is 0. The number of aliphatic hydroxyl groups excluding tert-OH is 1. The van der Waals surface area contributed by atoms with Crippen LogP contribution in [0.4, 0.5) is 0 Å². The zero-order valence-corrected chi connectivity index (χ0v) is 15.8. The number of para-hydroxylation sites is 1. The molecule has 5 heteroatoms. The van der Waals surface area contributed by atoms with Gasteiger partial charge in [0.2, 0.25) is 5.91 Å². The number of carbonyl (C=O) groups excluding carboxylic acids is 1. The van der Waals surface area contributed by atoms with Gasteiger partial charge in [0, 0.05) is 24.5 Å². The van der Waals surface area contributed by atoms with Crippen LogP contribution in [0.3, 0.4) is 0 Å². The number of carbonyl (C=O) groups is 1. The van der Waals surface area contributed by atoms with E-state index in [-0.39, 0.29) is 24.0 Å². The van der Waals surface area contributed by atoms with Crippen molar-refractivity contribution in [1.29, 1.82) is 0 Å². The predicted octanol–water partition coefficient (Wildman–Crippen LogP) is 3.04. The van der Waals surface area contributed by atoms with Crippen LogP contribution in [-0.4, -0.2) is 46.6 Å². The van der Waals surface area contributed by atoms with Gasteiger partial charge in [-0.3, -0.25) is 9.78 Å². The first kappa shape index (κ1) is 18.4. The lowest BCUT2D eigenvalue weighted by atomic mass is 9.75. The number of pyridine rings is 1. The van der Waals surface area contributed by atoms with Crippen LogP contribution in [0.5, 0.6) is 0 Å². The number of rotatable bonds is 6. The highest BCUT2D eigenvalue weighted by Crippen LogP contribution is 2.38. The fraction of sp³-hybridized carbons (Fsp3) is 0.545. The molecule has 1 aliphatic heterocycles. The minimum absolute atomic E-state index is 0.0700. The van der Waals surface area contributed by atoms with E-state index in [1.165, 1.54) is 19.3 Å². The largest absolute Gasteiger partial charge is 0.393 e. The van der Waals surface area contributed by atoms with E-state index >= 15 is 0 Å². The number of benzene rings is 1. The van der Waals surface area contributed by atoms with Crippen molar-refractivity contribution in [3.63, 3.8) is 0 Å². The fourth-order valence-electron chi connectivity index (χ4n) is 4.32. The first-order valence-corrected chi connectivity index (χ1v) is 10.2. The van der Waals surface area contributed by atoms with Gasteiger partial charge in [-0.1, -0.05) is 24.6 Å². The molecule has 1 saturated heterocycles. The Morgan fingerprint density at radius 1 is 1.22 bits per heavy atom. The second-order valence-electron chi connectivity index (χ2n) is 8.04. The van der Waals surface area contributed by atoms with E-state index in [0.717, 1.165) is 48.9 Å². The highest BCUT2D eigenvalue weighted by Gasteiger charge is 2.35. The van der Waals surface area contributed by atoms with Crippen molar-refractivity contribution >= 4 is 16.8 Å². The van der Waals surface area contributed by atoms with Gasteiger partial charge in [-0.2, -0.15) is 0 Å². The summed E-state index contributed by atoms with van der Waals surface area (Å²) >= 11 is 0. The number of fused-ring (bicyclic) bond motifs is 1. The minimum atomic E-state index is -0.240. The van der Waals surface area contributed by atoms with Crippen molar-refractivity contribution in [3.05, 3.63) is 42.1 Å². The van der Waals surface area contributed by atoms with Gasteiger partial charge in [0.15, 0.2) is 0 Å². The minimum Gasteiger partial charge on any atom is -0.393 e. The summed E-state index contributed by atoms with van der Waals surface area (Å²) in [5, 5.41) is 14.1. The molecular weight excluding hydrogens is 338 g/mol. The van der Waals surface area contributed by atoms with Crippen LogP contribution in [0, 0.1) is 5.92 Å². The highest BCUT2D eigenvalue weighted by molar-refractivity contribution is 5.80. The Balaban J connectivity index is 1.44. The number of nitrogens with zero attached hydrogens (tertiary/aromatic N) is 2. The van der Waals surface area contributed by atoms with Crippen LogP contribution < -0.4 is 5.32 Å². The second-order valence-corrected chi connectivity index (χ2v) is 8.04. The fourth-order valence-corrected chi connectivity index (χ4v) is 4.32. The zero-order valence-electron chi connectivity index (χ0n) is 15.8. The van der Waals surface area contributed by atoms with Gasteiger partial charge in [0.25, 0.3) is 0 Å². The van der Waals surface area contributed by atoms with Crippen LogP contribution in [0.2, 0.25) is 0 Å². The Bertz CT molecular complexity index is 782. The van der Waals surface area contributed by atoms with Crippen molar-refractivity contribution in [1.82, 2.24) is 15.2 Å². The van der Waals surface area contributed by atoms with Crippen molar-refractivity contribution in [3.8, 4) is 0 Å². The summed E-state index contributed by atoms with van der Waals surface area (Å²) in [4.78, 5) is 19.6. The van der Waals surface area contributed by atoms with Gasteiger partial charge >= 0.3 is 0 Å². The van der Waals surface area contributed by atoms with E-state index in [0.29, 0.717) is 6.42 Å². The molecule has 2 N–H and O–H groups in total. The standard InChI is InChI=1S/C22H29N3O2/c26-19-13-17(14-19)22(18-12-16-6-2-3-7-20(16)23-15-18)24-21(27)8-11-25-9-4-1-5-10-25/h2-3,6-7,12,15,17,19,22,26H,1,4-5,8-11,13-14H2,(H,24,27)/t17?,19?,22-/m1/s1. The number of hydrogen-bond donors (Lipinski definition) is 2. The molecular formula is C22H29N3O2. The summed E-state index contributed by atoms with van der Waals surface area (Å²) in [5.74, 6) is 0.377. The summed E-state index contributed by atoms with van der Waals surface area (Å²) in [6, 6.07) is 10.1. The average molecular weight is 367 g/mol. The summed E-state index contributed by atoms with van der Waals surface area (Å²) < 4.78 is 0. The van der Waals surface area contributed by atoms with E-state index in [2.05, 4.69) is 27.3 Å². The molecule has 1 amide bonds. The molecule has 0 spiro atoms. The zero-order chi connectivity index (χ0) is 18.6. The maximum Gasteiger partial charge on any atom is 0.221 e. The van der Waals surface area contributed by atoms with E-state index in [4.69, 9.17) is 0 Å². The molecule has 4 rings (SSSR count). The van der Waals surface area contributed by atoms with Crippen molar-refractivity contribution in [2.24, 2.45) is 5.92 Å². The first-order chi connectivity index (χ1) is 13.2. The molecule has 2 aliphatic rings. The molecule has 1 atom stereocenters. The molecule has 1 saturated carbocycles. The van der Waals surface area contributed by atoms with Gasteiger partial charge in [0.05, 0.1) is 17.7 Å². The van der Waals surface area contributed by atoms with Crippen LogP contribution in [0.25, 0.3) is 10.9 Å². The molecule has 2 fully saturated rings. The highest BCUT2D eigenvalue weighted by atomic mass is 16.3. The van der Waals surface area contributed by atoms with E-state index in [1.807, 2.05) is 24.4 Å². The van der Waals surface area contributed by atoms with Crippen molar-refractivity contribution in [2.75, 3.05) is 19.6 Å². The Morgan fingerprint density at radius 3 is 2.78 bits per heavy atom. The van der Waals surface area contributed by atoms with Crippen molar-refractivity contribution < 1.29 is 9.90 Å². The van der Waals surface area contributed by atoms with Crippen LogP contribution in [0.1, 0.15) is 50.1 Å². The topological polar surface area (TPSA) is 65.5 Å². The van der Waals surface area contributed by atoms with Crippen LogP contribution in [-0.2, 0) is 4.79 Å². The van der Waals surface area contributed by atoms with Gasteiger partial charge in [-0.25, -0.2) is 0 Å². The Labute approximate surface area is 160 Å². The quantitative estimate of drug-likeness (QED) is 0.824. The summed E-state index contributed by atoms with van der Waals surface area (Å²) in [5.41, 5.74) is 2.00. The maximum absolute atomic E-state index is 12.6. The molecule has 0 radical (unpaired) electrons. The summed E-state index contributed by atoms with van der Waals surface area (Å²) in [6.07, 6.45) is 7.45. The van der Waals surface area contributed by atoms with Crippen LogP contribution in [0.15, 0.2) is 36.5 Å². The van der Waals surface area contributed by atoms with Gasteiger partial charge < -0.3 is 15.3 Å². The lowest BCUT2D eigenvalue weighted by molar-refractivity contribution is -0.123. The summed E-state index contributed by atoms with van der Waals surface area (Å²) in [6.45, 7) is 3.06. The Kier molecular flexibility index (Phi) is 5.69. The lowest BCUT2D eigenvalue weighted by Crippen LogP contribution is -2.42. The first-order valence-electron chi connectivity index (χ1n) is 10.2. The molecule has 27 heavy (non-hydrogen) atoms. The third-order valence-electron chi connectivity index (χ3n) is 6.01. The monoisotopic (exact) mass is 367 g/mol. The predicted molar refractivity (Wildman–Crippen MR) is 106 cm³/mol. The van der Waals surface area contributed by atoms with E-state index < -0.39 is 0 Å². The Morgan fingerprint density at radius 2 is 2.00 bits per heavy atom. The number of hydrogen-bond acceptors (Lipinski definition) is 4. The van der Waals surface area contributed by atoms with Gasteiger partial charge in [0.1, 0.15) is 0 Å².